The topological polar surface area (TPSA) is 282 Å². The highest BCUT2D eigenvalue weighted by Gasteiger charge is 2.59. The number of hydrogen-bond donors (Lipinski definition) is 6. The number of carbonyl (C=O) groups excluding carboxylic acids is 6. The van der Waals surface area contributed by atoms with Gasteiger partial charge in [-0.3, -0.25) is 14.4 Å². The van der Waals surface area contributed by atoms with Crippen LogP contribution in [0.15, 0.2) is 121 Å². The summed E-state index contributed by atoms with van der Waals surface area (Å²) in [5.74, 6) is 12.3. The van der Waals surface area contributed by atoms with Gasteiger partial charge in [-0.05, 0) is 180 Å². The quantitative estimate of drug-likeness (QED) is 0.0262. The lowest BCUT2D eigenvalue weighted by Gasteiger charge is -2.19. The number of halogens is 1. The van der Waals surface area contributed by atoms with E-state index in [2.05, 4.69) is 98.5 Å². The molecule has 6 heterocycles. The second-order valence-electron chi connectivity index (χ2n) is 27.8. The van der Waals surface area contributed by atoms with Gasteiger partial charge in [0.2, 0.25) is 0 Å². The molecule has 6 fully saturated rings. The molecule has 0 bridgehead atoms. The summed E-state index contributed by atoms with van der Waals surface area (Å²) in [5, 5.41) is 36.5. The van der Waals surface area contributed by atoms with Crippen LogP contribution in [-0.4, -0.2) is 164 Å². The van der Waals surface area contributed by atoms with Crippen molar-refractivity contribution in [3.05, 3.63) is 164 Å². The van der Waals surface area contributed by atoms with E-state index in [9.17, 15) is 44.1 Å². The van der Waals surface area contributed by atoms with Gasteiger partial charge in [0.15, 0.2) is 0 Å². The lowest BCUT2D eigenvalue weighted by atomic mass is 9.84. The lowest BCUT2D eigenvalue weighted by Crippen LogP contribution is -2.32. The van der Waals surface area contributed by atoms with Crippen molar-refractivity contribution in [2.24, 2.45) is 35.5 Å². The summed E-state index contributed by atoms with van der Waals surface area (Å²) >= 11 is 2.27. The molecule has 1 aliphatic carbocycles. The Labute approximate surface area is 604 Å². The fraction of sp³-hybridized carbons (Fsp3) is 0.468. The number of esters is 3. The van der Waals surface area contributed by atoms with Gasteiger partial charge >= 0.3 is 36.2 Å². The summed E-state index contributed by atoms with van der Waals surface area (Å²) < 4.78 is 50.8. The SMILES string of the molecule is C#CCNC(=O)OC(C)(C)C.C[C@H]1OC(=O)[C@@H]2C(Cc3cccc(C#CCNC(=O)OC(C)(C)C)c3)O[C@H](CO)[C@@H]21.C[C@H]1OC(=O)[C@@H]2C(Cc3cccc(C#CCNC(=O)OCC4c5ccccc5-c5ccccc54)c3)O[C@H](CO)[C@@H]21.C[C@H]1OC(=O)[C@@H]2C(Cc3cccc(I)c3)O[C@H](CO)[C@@H]21. The number of aliphatic hydroxyl groups is 3. The van der Waals surface area contributed by atoms with E-state index in [1.165, 1.54) is 22.3 Å². The number of aliphatic hydroxyl groups excluding tert-OH is 3. The second-order valence-corrected chi connectivity index (χ2v) is 29.0. The third kappa shape index (κ3) is 20.2. The third-order valence-electron chi connectivity index (χ3n) is 18.3. The van der Waals surface area contributed by atoms with Gasteiger partial charge in [0.05, 0.1) is 93.8 Å². The molecule has 101 heavy (non-hydrogen) atoms. The van der Waals surface area contributed by atoms with Crippen LogP contribution in [0.2, 0.25) is 0 Å². The van der Waals surface area contributed by atoms with Crippen molar-refractivity contribution >= 4 is 58.8 Å². The minimum atomic E-state index is -0.550. The number of carbonyl (C=O) groups is 6. The third-order valence-corrected chi connectivity index (χ3v) is 19.0. The summed E-state index contributed by atoms with van der Waals surface area (Å²) in [6.45, 7) is 16.8. The van der Waals surface area contributed by atoms with E-state index in [0.29, 0.717) is 19.3 Å². The normalized spacial score (nSPS) is 26.1. The van der Waals surface area contributed by atoms with Gasteiger partial charge in [0.1, 0.15) is 36.1 Å². The van der Waals surface area contributed by atoms with Gasteiger partial charge in [0, 0.05) is 38.4 Å². The molecule has 15 atom stereocenters. The highest BCUT2D eigenvalue weighted by Crippen LogP contribution is 2.47. The van der Waals surface area contributed by atoms with Crippen LogP contribution < -0.4 is 16.0 Å². The Balaban J connectivity index is 0.000000171. The maximum atomic E-state index is 12.4. The number of terminal acetylenes is 1. The Kier molecular flexibility index (Phi) is 26.5. The molecule has 536 valence electrons. The number of benzene rings is 5. The van der Waals surface area contributed by atoms with Crippen LogP contribution in [0.4, 0.5) is 14.4 Å². The molecule has 3 unspecified atom stereocenters. The maximum absolute atomic E-state index is 12.4. The van der Waals surface area contributed by atoms with Crippen molar-refractivity contribution in [2.75, 3.05) is 46.1 Å². The Hall–Kier alpha value is -8.51. The van der Waals surface area contributed by atoms with E-state index in [-0.39, 0.29) is 154 Å². The average molecular weight is 1500 g/mol. The molecular formula is C79H90IN3O18. The predicted molar refractivity (Wildman–Crippen MR) is 382 cm³/mol. The maximum Gasteiger partial charge on any atom is 0.408 e. The summed E-state index contributed by atoms with van der Waals surface area (Å²) in [5.41, 5.74) is 8.40. The van der Waals surface area contributed by atoms with Crippen LogP contribution in [0.3, 0.4) is 0 Å². The van der Waals surface area contributed by atoms with Crippen LogP contribution in [0.5, 0.6) is 0 Å². The van der Waals surface area contributed by atoms with Crippen molar-refractivity contribution in [3.8, 4) is 47.2 Å². The standard InChI is InChI=1S/C33H31NO6.C23H29NO6.C15H17IO4.C8H13NO2/c1-20-30-29(18-35)40-28(31(30)32(36)39-20)17-22-9-6-8-21(16-22)10-7-15-34-33(37)38-19-27-25-13-4-2-11-23(25)24-12-3-5-14-26(24)27;1-14-19-18(13-25)29-17(20(19)21(26)28-14)12-16-8-5-7-15(11-16)9-6-10-24-22(27)30-23(2,3)4;1-8-13-12(7-17)20-11(14(13)15(18)19-8)6-9-3-2-4-10(16)5-9;1-5-6-9-7(10)11-8(2,3)4/h2-6,8-9,11-14,16,20,27-31,35H,15,17-19H2,1H3,(H,34,37);5,7-8,11,14,17-20,25H,10,12-13H2,1-4H3,(H,24,27);2-5,8,11-14,17H,6-7H2,1H3;1H,6H2,2-4H3,(H,9,10)/t20-,28?,29-,30+,31-;14-,17?,18-,19+,20-;8-,11?,12-,13+,14-;/m111./s1. The van der Waals surface area contributed by atoms with Crippen LogP contribution in [0, 0.1) is 75.1 Å². The minimum Gasteiger partial charge on any atom is -0.462 e. The highest BCUT2D eigenvalue weighted by molar-refractivity contribution is 14.1. The Bertz CT molecular complexity index is 3880. The van der Waals surface area contributed by atoms with Crippen molar-refractivity contribution in [1.82, 2.24) is 16.0 Å². The van der Waals surface area contributed by atoms with Gasteiger partial charge < -0.3 is 73.9 Å². The molecule has 7 aliphatic rings. The highest BCUT2D eigenvalue weighted by atomic mass is 127. The second kappa shape index (κ2) is 34.9. The number of alkyl carbamates (subject to hydrolysis) is 3. The van der Waals surface area contributed by atoms with E-state index in [4.69, 9.17) is 49.1 Å². The summed E-state index contributed by atoms with van der Waals surface area (Å²) in [6, 6.07) is 40.0. The summed E-state index contributed by atoms with van der Waals surface area (Å²) in [7, 11) is 0. The van der Waals surface area contributed by atoms with E-state index >= 15 is 0 Å². The van der Waals surface area contributed by atoms with Crippen LogP contribution in [0.25, 0.3) is 11.1 Å². The Morgan fingerprint density at radius 2 is 0.861 bits per heavy atom. The lowest BCUT2D eigenvalue weighted by molar-refractivity contribution is -0.149. The van der Waals surface area contributed by atoms with Crippen molar-refractivity contribution in [1.29, 1.82) is 0 Å². The zero-order valence-corrected chi connectivity index (χ0v) is 60.4. The van der Waals surface area contributed by atoms with Gasteiger partial charge in [-0.1, -0.05) is 115 Å². The molecule has 6 N–H and O–H groups in total. The molecule has 5 aromatic rings. The van der Waals surface area contributed by atoms with Gasteiger partial charge in [0.25, 0.3) is 0 Å². The molecule has 0 aromatic heterocycles. The van der Waals surface area contributed by atoms with Crippen molar-refractivity contribution in [3.63, 3.8) is 0 Å². The fourth-order valence-electron chi connectivity index (χ4n) is 14.2. The number of cyclic esters (lactones) is 3. The zero-order chi connectivity index (χ0) is 72.7. The molecule has 12 rings (SSSR count). The first-order valence-corrected chi connectivity index (χ1v) is 35.1. The number of fused-ring (bicyclic) bond motifs is 6. The first kappa shape index (κ1) is 76.7. The largest absolute Gasteiger partial charge is 0.462 e. The number of rotatable bonds is 14. The summed E-state index contributed by atoms with van der Waals surface area (Å²) in [4.78, 5) is 71.5. The van der Waals surface area contributed by atoms with Crippen LogP contribution in [-0.2, 0) is 76.3 Å². The number of ether oxygens (including phenoxy) is 9. The van der Waals surface area contributed by atoms with Crippen molar-refractivity contribution in [2.45, 2.75) is 154 Å². The van der Waals surface area contributed by atoms with E-state index in [0.717, 1.165) is 31.4 Å². The number of nitrogens with one attached hydrogen (secondary N) is 3. The van der Waals surface area contributed by atoms with E-state index in [1.54, 1.807) is 41.5 Å². The van der Waals surface area contributed by atoms with Gasteiger partial charge in [-0.15, -0.1) is 6.42 Å². The Morgan fingerprint density at radius 3 is 1.24 bits per heavy atom. The molecule has 21 nitrogen and oxygen atoms in total. The molecule has 0 saturated carbocycles. The molecule has 6 saturated heterocycles. The fourth-order valence-corrected chi connectivity index (χ4v) is 14.8. The first-order valence-electron chi connectivity index (χ1n) is 34.0. The zero-order valence-electron chi connectivity index (χ0n) is 58.3. The van der Waals surface area contributed by atoms with Gasteiger partial charge in [-0.25, -0.2) is 14.4 Å². The van der Waals surface area contributed by atoms with Crippen LogP contribution in [0.1, 0.15) is 107 Å². The molecular weight excluding hydrogens is 1410 g/mol. The summed E-state index contributed by atoms with van der Waals surface area (Å²) in [6.07, 6.45) is 2.51. The number of hydrogen-bond acceptors (Lipinski definition) is 18. The number of amides is 3. The van der Waals surface area contributed by atoms with Crippen LogP contribution >= 0.6 is 22.6 Å². The predicted octanol–water partition coefficient (Wildman–Crippen LogP) is 9.01. The molecule has 0 spiro atoms. The van der Waals surface area contributed by atoms with E-state index in [1.807, 2.05) is 112 Å². The first-order chi connectivity index (χ1) is 48.3. The Morgan fingerprint density at radius 1 is 0.495 bits per heavy atom. The smallest absolute Gasteiger partial charge is 0.408 e. The van der Waals surface area contributed by atoms with E-state index < -0.39 is 35.6 Å². The molecule has 6 aliphatic heterocycles. The van der Waals surface area contributed by atoms with Gasteiger partial charge in [-0.2, -0.15) is 0 Å². The molecule has 5 aromatic carbocycles. The molecule has 3 amide bonds. The molecule has 22 heteroatoms. The monoisotopic (exact) mass is 1500 g/mol. The molecule has 0 radical (unpaired) electrons. The van der Waals surface area contributed by atoms with Crippen molar-refractivity contribution < 1.29 is 86.7 Å². The average Bonchev–Trinajstić information content (AvgIpc) is 1.64. The minimum absolute atomic E-state index is 0.00746.